The van der Waals surface area contributed by atoms with E-state index in [1.807, 2.05) is 12.1 Å². The predicted octanol–water partition coefficient (Wildman–Crippen LogP) is 6.28. The van der Waals surface area contributed by atoms with Gasteiger partial charge < -0.3 is 15.8 Å². The van der Waals surface area contributed by atoms with Crippen molar-refractivity contribution in [3.63, 3.8) is 0 Å². The van der Waals surface area contributed by atoms with E-state index in [4.69, 9.17) is 10.9 Å². The van der Waals surface area contributed by atoms with E-state index in [-0.39, 0.29) is 17.8 Å². The topological polar surface area (TPSA) is 78.9 Å². The molecule has 0 unspecified atom stereocenters. The Morgan fingerprint density at radius 3 is 2.25 bits per heavy atom. The highest BCUT2D eigenvalue weighted by Gasteiger charge is 2.32. The molecule has 0 spiro atoms. The summed E-state index contributed by atoms with van der Waals surface area (Å²) in [6, 6.07) is 7.71. The van der Waals surface area contributed by atoms with Crippen molar-refractivity contribution in [2.45, 2.75) is 109 Å². The Bertz CT molecular complexity index is 710. The molecule has 0 radical (unpaired) electrons. The largest absolute Gasteiger partial charge is 0.409 e. The zero-order valence-electron chi connectivity index (χ0n) is 19.8. The summed E-state index contributed by atoms with van der Waals surface area (Å²) < 4.78 is 0. The number of rotatable bonds is 12. The number of hydrogen-bond acceptors (Lipinski definition) is 3. The van der Waals surface area contributed by atoms with E-state index >= 15 is 0 Å². The monoisotopic (exact) mass is 441 g/mol. The number of nitrogens with two attached hydrogens (primary N) is 1. The maximum atomic E-state index is 12.8. The van der Waals surface area contributed by atoms with Crippen LogP contribution in [0.3, 0.4) is 0 Å². The number of carbonyl (C=O) groups excluding carboxylic acids is 1. The van der Waals surface area contributed by atoms with Crippen molar-refractivity contribution >= 4 is 11.7 Å². The SMILES string of the molecule is N/C(=N\O)[C@@H]1CCCN1C(=O)c1ccc(CCCCCCCCCC2CCCCC2)cc1. The van der Waals surface area contributed by atoms with Crippen LogP contribution in [0.2, 0.25) is 0 Å². The van der Waals surface area contributed by atoms with Gasteiger partial charge in [0.25, 0.3) is 5.91 Å². The van der Waals surface area contributed by atoms with Gasteiger partial charge in [0, 0.05) is 12.1 Å². The number of aryl methyl sites for hydroxylation is 1. The molecule has 1 saturated carbocycles. The smallest absolute Gasteiger partial charge is 0.254 e. The third-order valence-corrected chi connectivity index (χ3v) is 7.47. The molecule has 1 heterocycles. The molecule has 1 saturated heterocycles. The van der Waals surface area contributed by atoms with Gasteiger partial charge in [-0.25, -0.2) is 0 Å². The first-order chi connectivity index (χ1) is 15.7. The molecule has 5 heteroatoms. The second-order valence-electron chi connectivity index (χ2n) is 9.90. The first-order valence-corrected chi connectivity index (χ1v) is 13.1. The fraction of sp³-hybridized carbons (Fsp3) is 0.704. The predicted molar refractivity (Wildman–Crippen MR) is 131 cm³/mol. The summed E-state index contributed by atoms with van der Waals surface area (Å²) in [6.45, 7) is 0.655. The number of unbranched alkanes of at least 4 members (excludes halogenated alkanes) is 6. The molecule has 2 fully saturated rings. The first-order valence-electron chi connectivity index (χ1n) is 13.1. The van der Waals surface area contributed by atoms with Crippen LogP contribution in [0.25, 0.3) is 0 Å². The Morgan fingerprint density at radius 1 is 0.906 bits per heavy atom. The molecule has 1 aliphatic heterocycles. The van der Waals surface area contributed by atoms with Gasteiger partial charge in [0.15, 0.2) is 5.84 Å². The Kier molecular flexibility index (Phi) is 10.4. The molecule has 1 amide bonds. The van der Waals surface area contributed by atoms with Crippen molar-refractivity contribution in [1.29, 1.82) is 0 Å². The van der Waals surface area contributed by atoms with E-state index in [2.05, 4.69) is 17.3 Å². The van der Waals surface area contributed by atoms with Gasteiger partial charge in [0.2, 0.25) is 0 Å². The Hall–Kier alpha value is -2.04. The second kappa shape index (κ2) is 13.5. The fourth-order valence-electron chi connectivity index (χ4n) is 5.49. The number of amides is 1. The quantitative estimate of drug-likeness (QED) is 0.132. The number of oxime groups is 1. The maximum Gasteiger partial charge on any atom is 0.254 e. The van der Waals surface area contributed by atoms with Gasteiger partial charge in [-0.2, -0.15) is 0 Å². The summed E-state index contributed by atoms with van der Waals surface area (Å²) >= 11 is 0. The molecule has 1 aromatic carbocycles. The number of benzene rings is 1. The van der Waals surface area contributed by atoms with Crippen LogP contribution in [-0.2, 0) is 6.42 Å². The molecule has 1 atom stereocenters. The average molecular weight is 442 g/mol. The lowest BCUT2D eigenvalue weighted by Crippen LogP contribution is -2.43. The lowest BCUT2D eigenvalue weighted by atomic mass is 9.85. The summed E-state index contributed by atoms with van der Waals surface area (Å²) in [5.41, 5.74) is 7.73. The molecule has 3 rings (SSSR count). The molecule has 0 bridgehead atoms. The zero-order valence-corrected chi connectivity index (χ0v) is 19.8. The van der Waals surface area contributed by atoms with Crippen molar-refractivity contribution < 1.29 is 10.0 Å². The van der Waals surface area contributed by atoms with E-state index in [9.17, 15) is 4.79 Å². The van der Waals surface area contributed by atoms with E-state index in [0.717, 1.165) is 25.2 Å². The van der Waals surface area contributed by atoms with Crippen LogP contribution in [0, 0.1) is 5.92 Å². The van der Waals surface area contributed by atoms with Crippen molar-refractivity contribution in [2.75, 3.05) is 6.54 Å². The van der Waals surface area contributed by atoms with Crippen LogP contribution in [0.5, 0.6) is 0 Å². The normalized spacial score (nSPS) is 20.1. The molecular formula is C27H43N3O2. The van der Waals surface area contributed by atoms with E-state index in [0.29, 0.717) is 12.1 Å². The minimum absolute atomic E-state index is 0.0332. The van der Waals surface area contributed by atoms with Crippen LogP contribution in [0.1, 0.15) is 112 Å². The highest BCUT2D eigenvalue weighted by atomic mass is 16.4. The lowest BCUT2D eigenvalue weighted by Gasteiger charge is -2.23. The van der Waals surface area contributed by atoms with Gasteiger partial charge in [-0.1, -0.05) is 94.3 Å². The molecule has 3 N–H and O–H groups in total. The van der Waals surface area contributed by atoms with Gasteiger partial charge >= 0.3 is 0 Å². The van der Waals surface area contributed by atoms with Crippen LogP contribution in [0.15, 0.2) is 29.4 Å². The second-order valence-corrected chi connectivity index (χ2v) is 9.90. The van der Waals surface area contributed by atoms with Crippen molar-refractivity contribution in [1.82, 2.24) is 4.90 Å². The Morgan fingerprint density at radius 2 is 1.56 bits per heavy atom. The number of carbonyl (C=O) groups is 1. The lowest BCUT2D eigenvalue weighted by molar-refractivity contribution is 0.0768. The third kappa shape index (κ3) is 7.53. The molecule has 1 aliphatic carbocycles. The number of likely N-dealkylation sites (tertiary alicyclic amines) is 1. The average Bonchev–Trinajstić information content (AvgIpc) is 3.33. The van der Waals surface area contributed by atoms with E-state index in [1.54, 1.807) is 4.90 Å². The summed E-state index contributed by atoms with van der Waals surface area (Å²) in [5.74, 6) is 1.13. The minimum Gasteiger partial charge on any atom is -0.409 e. The van der Waals surface area contributed by atoms with Crippen LogP contribution in [0.4, 0.5) is 0 Å². The molecular weight excluding hydrogens is 398 g/mol. The standard InChI is InChI=1S/C27H43N3O2/c28-26(29-32)25-16-11-21-30(25)27(31)24-19-17-23(18-20-24)15-8-5-3-1-2-4-7-12-22-13-9-6-10-14-22/h17-20,22,25,32H,1-16,21H2,(H2,28,29)/t25-/m0/s1. The Labute approximate surface area is 194 Å². The van der Waals surface area contributed by atoms with Crippen LogP contribution in [-0.4, -0.2) is 34.4 Å². The summed E-state index contributed by atoms with van der Waals surface area (Å²) in [7, 11) is 0. The van der Waals surface area contributed by atoms with Gasteiger partial charge in [-0.05, 0) is 49.3 Å². The van der Waals surface area contributed by atoms with Gasteiger partial charge in [-0.3, -0.25) is 4.79 Å². The van der Waals surface area contributed by atoms with E-state index < -0.39 is 0 Å². The fourth-order valence-corrected chi connectivity index (χ4v) is 5.49. The molecule has 0 aromatic heterocycles. The first kappa shape index (κ1) is 24.6. The van der Waals surface area contributed by atoms with Crippen LogP contribution >= 0.6 is 0 Å². The van der Waals surface area contributed by atoms with Crippen molar-refractivity contribution in [3.05, 3.63) is 35.4 Å². The molecule has 5 nitrogen and oxygen atoms in total. The van der Waals surface area contributed by atoms with E-state index in [1.165, 1.54) is 89.0 Å². The summed E-state index contributed by atoms with van der Waals surface area (Å²) in [4.78, 5) is 14.5. The molecule has 1 aromatic rings. The van der Waals surface area contributed by atoms with Gasteiger partial charge in [-0.15, -0.1) is 0 Å². The highest BCUT2D eigenvalue weighted by Crippen LogP contribution is 2.28. The maximum absolute atomic E-state index is 12.8. The third-order valence-electron chi connectivity index (χ3n) is 7.47. The van der Waals surface area contributed by atoms with Crippen molar-refractivity contribution in [2.24, 2.45) is 16.8 Å². The number of hydrogen-bond donors (Lipinski definition) is 2. The summed E-state index contributed by atoms with van der Waals surface area (Å²) in [5, 5.41) is 12.1. The molecule has 2 aliphatic rings. The van der Waals surface area contributed by atoms with Gasteiger partial charge in [0.1, 0.15) is 0 Å². The van der Waals surface area contributed by atoms with Gasteiger partial charge in [0.05, 0.1) is 6.04 Å². The Balaban J connectivity index is 1.27. The minimum atomic E-state index is -0.292. The van der Waals surface area contributed by atoms with Crippen molar-refractivity contribution in [3.8, 4) is 0 Å². The highest BCUT2D eigenvalue weighted by molar-refractivity contribution is 5.98. The summed E-state index contributed by atoms with van der Waals surface area (Å²) in [6.07, 6.45) is 21.0. The molecule has 32 heavy (non-hydrogen) atoms. The molecule has 178 valence electrons. The van der Waals surface area contributed by atoms with Crippen LogP contribution < -0.4 is 5.73 Å². The number of nitrogens with zero attached hydrogens (tertiary/aromatic N) is 2. The zero-order chi connectivity index (χ0) is 22.6. The number of amidine groups is 1.